The van der Waals surface area contributed by atoms with Crippen LogP contribution in [0, 0.1) is 0 Å². The molecule has 3 atom stereocenters. The van der Waals surface area contributed by atoms with E-state index in [2.05, 4.69) is 209 Å². The zero-order valence-corrected chi connectivity index (χ0v) is 30.9. The monoisotopic (exact) mass is 723 g/mol. The summed E-state index contributed by atoms with van der Waals surface area (Å²) < 4.78 is 5.11. The van der Waals surface area contributed by atoms with Gasteiger partial charge in [0.25, 0.3) is 0 Å². The number of aromatic nitrogens is 1. The minimum Gasteiger partial charge on any atom is -0.309 e. The quantitative estimate of drug-likeness (QED) is 0.179. The number of hydrogen-bond donors (Lipinski definition) is 2. The highest BCUT2D eigenvalue weighted by molar-refractivity contribution is 7.26. The maximum absolute atomic E-state index is 3.97. The first-order chi connectivity index (χ1) is 27.3. The lowest BCUT2D eigenvalue weighted by Crippen LogP contribution is -2.22. The predicted molar refractivity (Wildman–Crippen MR) is 232 cm³/mol. The second-order valence-electron chi connectivity index (χ2n) is 14.6. The molecule has 2 N–H and O–H groups in total. The number of thiophene rings is 1. The van der Waals surface area contributed by atoms with Gasteiger partial charge in [-0.1, -0.05) is 152 Å². The highest BCUT2D eigenvalue weighted by Crippen LogP contribution is 2.43. The molecule has 1 saturated heterocycles. The average molecular weight is 724 g/mol. The van der Waals surface area contributed by atoms with E-state index in [0.29, 0.717) is 0 Å². The van der Waals surface area contributed by atoms with Crippen molar-refractivity contribution in [2.45, 2.75) is 18.2 Å². The zero-order valence-electron chi connectivity index (χ0n) is 30.1. The molecule has 3 heterocycles. The molecular weight excluding hydrogens is 687 g/mol. The Balaban J connectivity index is 1.06. The van der Waals surface area contributed by atoms with Gasteiger partial charge in [0.2, 0.25) is 0 Å². The van der Waals surface area contributed by atoms with Crippen LogP contribution in [0.4, 0.5) is 0 Å². The molecule has 4 heteroatoms. The van der Waals surface area contributed by atoms with E-state index in [9.17, 15) is 0 Å². The van der Waals surface area contributed by atoms with E-state index < -0.39 is 0 Å². The summed E-state index contributed by atoms with van der Waals surface area (Å²) in [4.78, 5) is 0. The van der Waals surface area contributed by atoms with Crippen molar-refractivity contribution < 1.29 is 0 Å². The molecule has 11 rings (SSSR count). The Morgan fingerprint density at radius 1 is 0.400 bits per heavy atom. The number of benzene rings is 8. The van der Waals surface area contributed by atoms with E-state index in [-0.39, 0.29) is 18.2 Å². The van der Waals surface area contributed by atoms with Gasteiger partial charge in [0.15, 0.2) is 0 Å². The summed E-state index contributed by atoms with van der Waals surface area (Å²) in [7, 11) is 0. The number of hydrogen-bond acceptors (Lipinski definition) is 3. The van der Waals surface area contributed by atoms with Gasteiger partial charge in [0, 0.05) is 36.6 Å². The third-order valence-corrected chi connectivity index (χ3v) is 12.6. The fraction of sp³-hybridized carbons (Fsp3) is 0.0588. The van der Waals surface area contributed by atoms with E-state index in [4.69, 9.17) is 0 Å². The molecule has 0 saturated carbocycles. The normalized spacial score (nSPS) is 17.1. The summed E-state index contributed by atoms with van der Waals surface area (Å²) in [5.74, 6) is 0. The average Bonchev–Trinajstić information content (AvgIpc) is 3.97. The summed E-state index contributed by atoms with van der Waals surface area (Å²) in [6, 6.07) is 71.2. The Morgan fingerprint density at radius 3 is 1.67 bits per heavy atom. The van der Waals surface area contributed by atoms with Crippen LogP contribution < -0.4 is 10.6 Å². The smallest absolute Gasteiger partial charge is 0.0847 e. The van der Waals surface area contributed by atoms with Crippen LogP contribution >= 0.6 is 11.3 Å². The minimum atomic E-state index is -0.0264. The van der Waals surface area contributed by atoms with Crippen molar-refractivity contribution in [2.75, 3.05) is 0 Å². The summed E-state index contributed by atoms with van der Waals surface area (Å²) in [6.45, 7) is 0. The van der Waals surface area contributed by atoms with Crippen LogP contribution in [-0.4, -0.2) is 4.57 Å². The lowest BCUT2D eigenvalue weighted by Gasteiger charge is -2.19. The van der Waals surface area contributed by atoms with Gasteiger partial charge in [-0.15, -0.1) is 11.3 Å². The molecule has 262 valence electrons. The van der Waals surface area contributed by atoms with Gasteiger partial charge in [0.05, 0.1) is 29.3 Å². The topological polar surface area (TPSA) is 29.0 Å². The fourth-order valence-corrected chi connectivity index (χ4v) is 10.0. The molecule has 0 radical (unpaired) electrons. The third-order valence-electron chi connectivity index (χ3n) is 11.4. The van der Waals surface area contributed by atoms with Crippen molar-refractivity contribution in [3.05, 3.63) is 211 Å². The van der Waals surface area contributed by atoms with E-state index in [1.807, 2.05) is 11.3 Å². The standard InChI is InChI=1S/C51H37N3S/c1-4-14-33(15-5-1)36-26-28-45-43(31-36)44-32-37(40-23-13-24-42-41-22-10-11-25-47(41)55-50(40)42)27-29-46(44)54(45)39-21-12-20-38(30-39)51-52-48(34-16-6-2-7-17-34)49(53-51)35-18-8-3-9-19-35/h1-32,48-49,51-53H/t48-,49?,51?/m0/s1. The SMILES string of the molecule is c1ccc(-c2ccc3c(c2)c2cc(-c4cccc5c4sc4ccccc45)ccc2n3-c2cccc(C3NC(c4ccccc4)[C@H](c4ccccc4)N3)c2)cc1. The molecule has 3 nitrogen and oxygen atoms in total. The minimum absolute atomic E-state index is 0.0264. The summed E-state index contributed by atoms with van der Waals surface area (Å²) in [5, 5.41) is 13.1. The largest absolute Gasteiger partial charge is 0.309 e. The summed E-state index contributed by atoms with van der Waals surface area (Å²) in [6.07, 6.45) is -0.0264. The molecule has 1 aliphatic rings. The van der Waals surface area contributed by atoms with Crippen LogP contribution in [0.5, 0.6) is 0 Å². The van der Waals surface area contributed by atoms with E-state index in [1.165, 1.54) is 80.9 Å². The van der Waals surface area contributed by atoms with Crippen LogP contribution in [0.25, 0.3) is 69.9 Å². The van der Waals surface area contributed by atoms with Crippen molar-refractivity contribution in [1.82, 2.24) is 15.2 Å². The van der Waals surface area contributed by atoms with Gasteiger partial charge in [-0.2, -0.15) is 0 Å². The molecule has 1 fully saturated rings. The van der Waals surface area contributed by atoms with Gasteiger partial charge in [-0.25, -0.2) is 0 Å². The van der Waals surface area contributed by atoms with Gasteiger partial charge in [0.1, 0.15) is 0 Å². The van der Waals surface area contributed by atoms with Crippen molar-refractivity contribution in [1.29, 1.82) is 0 Å². The molecule has 8 aromatic carbocycles. The van der Waals surface area contributed by atoms with Crippen LogP contribution in [0.2, 0.25) is 0 Å². The van der Waals surface area contributed by atoms with Crippen molar-refractivity contribution in [2.24, 2.45) is 0 Å². The Hall–Kier alpha value is -6.30. The van der Waals surface area contributed by atoms with Gasteiger partial charge >= 0.3 is 0 Å². The van der Waals surface area contributed by atoms with Crippen LogP contribution in [0.15, 0.2) is 194 Å². The molecule has 0 amide bonds. The van der Waals surface area contributed by atoms with E-state index >= 15 is 0 Å². The second-order valence-corrected chi connectivity index (χ2v) is 15.6. The van der Waals surface area contributed by atoms with Gasteiger partial charge in [-0.3, -0.25) is 10.6 Å². The maximum Gasteiger partial charge on any atom is 0.0847 e. The Labute approximate surface area is 324 Å². The molecule has 0 aliphatic carbocycles. The first-order valence-electron chi connectivity index (χ1n) is 19.0. The molecule has 10 aromatic rings. The molecule has 0 bridgehead atoms. The predicted octanol–water partition coefficient (Wildman–Crippen LogP) is 13.2. The van der Waals surface area contributed by atoms with E-state index in [1.54, 1.807) is 0 Å². The van der Waals surface area contributed by atoms with Crippen molar-refractivity contribution in [3.63, 3.8) is 0 Å². The molecular formula is C51H37N3S. The first kappa shape index (κ1) is 32.2. The molecule has 0 spiro atoms. The molecule has 55 heavy (non-hydrogen) atoms. The summed E-state index contributed by atoms with van der Waals surface area (Å²) in [5.41, 5.74) is 12.3. The third kappa shape index (κ3) is 5.49. The van der Waals surface area contributed by atoms with E-state index in [0.717, 1.165) is 5.69 Å². The number of rotatable bonds is 6. The van der Waals surface area contributed by atoms with Crippen LogP contribution in [0.3, 0.4) is 0 Å². The molecule has 1 aliphatic heterocycles. The lowest BCUT2D eigenvalue weighted by molar-refractivity contribution is 0.554. The summed E-state index contributed by atoms with van der Waals surface area (Å²) >= 11 is 1.89. The maximum atomic E-state index is 3.97. The van der Waals surface area contributed by atoms with Crippen molar-refractivity contribution >= 4 is 53.3 Å². The van der Waals surface area contributed by atoms with Gasteiger partial charge < -0.3 is 4.57 Å². The highest BCUT2D eigenvalue weighted by atomic mass is 32.1. The Morgan fingerprint density at radius 2 is 0.964 bits per heavy atom. The lowest BCUT2D eigenvalue weighted by atomic mass is 9.95. The first-order valence-corrected chi connectivity index (χ1v) is 19.9. The Kier molecular flexibility index (Phi) is 7.73. The van der Waals surface area contributed by atoms with Gasteiger partial charge in [-0.05, 0) is 81.4 Å². The molecule has 2 unspecified atom stereocenters. The number of nitrogens with zero attached hydrogens (tertiary/aromatic N) is 1. The van der Waals surface area contributed by atoms with Crippen molar-refractivity contribution in [3.8, 4) is 27.9 Å². The number of nitrogens with one attached hydrogen (secondary N) is 2. The second kappa shape index (κ2) is 13.2. The number of fused-ring (bicyclic) bond motifs is 6. The molecule has 2 aromatic heterocycles. The van der Waals surface area contributed by atoms with Crippen LogP contribution in [0.1, 0.15) is 34.9 Å². The highest BCUT2D eigenvalue weighted by Gasteiger charge is 2.35. The fourth-order valence-electron chi connectivity index (χ4n) is 8.79. The zero-order chi connectivity index (χ0) is 36.3. The Bertz CT molecular complexity index is 2950. The van der Waals surface area contributed by atoms with Crippen LogP contribution in [-0.2, 0) is 0 Å².